The molecule has 0 aliphatic heterocycles. The standard InChI is InChI=1S/C22H23N3O2/c1-15-8-7-9-18(14-15)12-13-20(26)25-21-16(2)23-22(24-17(21)3)27-19-10-5-4-6-11-19/h4-11,14H,12-13H2,1-3H3,(H,25,26). The number of rotatable bonds is 6. The molecule has 0 fully saturated rings. The third-order valence-corrected chi connectivity index (χ3v) is 4.19. The molecule has 1 N–H and O–H groups in total. The van der Waals surface area contributed by atoms with Crippen molar-refractivity contribution in [1.29, 1.82) is 0 Å². The van der Waals surface area contributed by atoms with Gasteiger partial charge in [-0.2, -0.15) is 9.97 Å². The average Bonchev–Trinajstić information content (AvgIpc) is 2.64. The summed E-state index contributed by atoms with van der Waals surface area (Å²) in [6.45, 7) is 5.72. The van der Waals surface area contributed by atoms with Crippen LogP contribution in [0.25, 0.3) is 0 Å². The highest BCUT2D eigenvalue weighted by molar-refractivity contribution is 5.91. The van der Waals surface area contributed by atoms with Gasteiger partial charge in [0.05, 0.1) is 17.1 Å². The van der Waals surface area contributed by atoms with E-state index in [4.69, 9.17) is 4.74 Å². The molecule has 2 aromatic carbocycles. The van der Waals surface area contributed by atoms with Gasteiger partial charge in [-0.05, 0) is 44.9 Å². The first kappa shape index (κ1) is 18.6. The van der Waals surface area contributed by atoms with Crippen LogP contribution in [0.2, 0.25) is 0 Å². The lowest BCUT2D eigenvalue weighted by atomic mass is 10.1. The summed E-state index contributed by atoms with van der Waals surface area (Å²) in [5, 5.41) is 2.93. The Kier molecular flexibility index (Phi) is 5.81. The van der Waals surface area contributed by atoms with Crippen molar-refractivity contribution < 1.29 is 9.53 Å². The van der Waals surface area contributed by atoms with E-state index in [1.54, 1.807) is 0 Å². The molecule has 0 radical (unpaired) electrons. The van der Waals surface area contributed by atoms with Crippen molar-refractivity contribution in [3.05, 3.63) is 77.1 Å². The largest absolute Gasteiger partial charge is 0.424 e. The maximum atomic E-state index is 12.4. The van der Waals surface area contributed by atoms with Gasteiger partial charge >= 0.3 is 6.01 Å². The fourth-order valence-electron chi connectivity index (χ4n) is 2.83. The fraction of sp³-hybridized carbons (Fsp3) is 0.227. The van der Waals surface area contributed by atoms with E-state index in [0.717, 1.165) is 5.56 Å². The number of nitrogens with zero attached hydrogens (tertiary/aromatic N) is 2. The quantitative estimate of drug-likeness (QED) is 0.687. The molecule has 1 heterocycles. The smallest absolute Gasteiger partial charge is 0.322 e. The van der Waals surface area contributed by atoms with Crippen LogP contribution in [0.4, 0.5) is 5.69 Å². The summed E-state index contributed by atoms with van der Waals surface area (Å²) in [7, 11) is 0. The topological polar surface area (TPSA) is 64.1 Å². The zero-order valence-corrected chi connectivity index (χ0v) is 15.8. The number of hydrogen-bond acceptors (Lipinski definition) is 4. The van der Waals surface area contributed by atoms with Gasteiger partial charge < -0.3 is 10.1 Å². The van der Waals surface area contributed by atoms with Crippen molar-refractivity contribution in [3.63, 3.8) is 0 Å². The van der Waals surface area contributed by atoms with Crippen LogP contribution >= 0.6 is 0 Å². The number of para-hydroxylation sites is 1. The van der Waals surface area contributed by atoms with Gasteiger partial charge in [0.2, 0.25) is 5.91 Å². The molecule has 138 valence electrons. The van der Waals surface area contributed by atoms with E-state index in [0.29, 0.717) is 35.7 Å². The Hall–Kier alpha value is -3.21. The molecule has 27 heavy (non-hydrogen) atoms. The predicted molar refractivity (Wildman–Crippen MR) is 106 cm³/mol. The molecule has 0 aliphatic rings. The lowest BCUT2D eigenvalue weighted by molar-refractivity contribution is -0.116. The zero-order valence-electron chi connectivity index (χ0n) is 15.8. The first-order valence-electron chi connectivity index (χ1n) is 8.95. The Bertz CT molecular complexity index is 916. The van der Waals surface area contributed by atoms with Gasteiger partial charge in [-0.3, -0.25) is 4.79 Å². The second-order valence-electron chi connectivity index (χ2n) is 6.50. The molecule has 1 aromatic heterocycles. The van der Waals surface area contributed by atoms with Gasteiger partial charge in [-0.25, -0.2) is 0 Å². The minimum atomic E-state index is -0.0527. The van der Waals surface area contributed by atoms with Crippen molar-refractivity contribution >= 4 is 11.6 Å². The van der Waals surface area contributed by atoms with Crippen LogP contribution in [0.1, 0.15) is 28.9 Å². The third kappa shape index (κ3) is 5.14. The van der Waals surface area contributed by atoms with Crippen LogP contribution in [0.5, 0.6) is 11.8 Å². The molecule has 0 unspecified atom stereocenters. The highest BCUT2D eigenvalue weighted by Crippen LogP contribution is 2.23. The number of aromatic nitrogens is 2. The molecule has 0 spiro atoms. The van der Waals surface area contributed by atoms with Gasteiger partial charge in [0, 0.05) is 6.42 Å². The summed E-state index contributed by atoms with van der Waals surface area (Å²) >= 11 is 0. The molecule has 5 heteroatoms. The van der Waals surface area contributed by atoms with E-state index in [2.05, 4.69) is 21.4 Å². The highest BCUT2D eigenvalue weighted by atomic mass is 16.5. The lowest BCUT2D eigenvalue weighted by Gasteiger charge is -2.12. The molecule has 0 saturated carbocycles. The normalized spacial score (nSPS) is 10.5. The maximum Gasteiger partial charge on any atom is 0.322 e. The maximum absolute atomic E-state index is 12.4. The molecule has 0 aliphatic carbocycles. The van der Waals surface area contributed by atoms with Crippen molar-refractivity contribution in [3.8, 4) is 11.8 Å². The number of nitrogens with one attached hydrogen (secondary N) is 1. The third-order valence-electron chi connectivity index (χ3n) is 4.19. The summed E-state index contributed by atoms with van der Waals surface area (Å²) in [5.41, 5.74) is 4.35. The molecule has 0 bridgehead atoms. The van der Waals surface area contributed by atoms with Crippen molar-refractivity contribution in [2.75, 3.05) is 5.32 Å². The summed E-state index contributed by atoms with van der Waals surface area (Å²) in [5.74, 6) is 0.620. The number of ether oxygens (including phenoxy) is 1. The Labute approximate surface area is 159 Å². The second-order valence-corrected chi connectivity index (χ2v) is 6.50. The number of carbonyl (C=O) groups is 1. The lowest BCUT2D eigenvalue weighted by Crippen LogP contribution is -2.15. The van der Waals surface area contributed by atoms with E-state index < -0.39 is 0 Å². The first-order chi connectivity index (χ1) is 13.0. The summed E-state index contributed by atoms with van der Waals surface area (Å²) < 4.78 is 5.68. The van der Waals surface area contributed by atoms with Crippen molar-refractivity contribution in [1.82, 2.24) is 9.97 Å². The second kappa shape index (κ2) is 8.45. The van der Waals surface area contributed by atoms with Crippen molar-refractivity contribution in [2.24, 2.45) is 0 Å². The minimum Gasteiger partial charge on any atom is -0.424 e. The Balaban J connectivity index is 1.65. The summed E-state index contributed by atoms with van der Waals surface area (Å²) in [4.78, 5) is 21.1. The van der Waals surface area contributed by atoms with Gasteiger partial charge in [-0.15, -0.1) is 0 Å². The van der Waals surface area contributed by atoms with E-state index in [-0.39, 0.29) is 11.9 Å². The summed E-state index contributed by atoms with van der Waals surface area (Å²) in [6, 6.07) is 17.8. The number of aryl methyl sites for hydroxylation is 4. The molecular weight excluding hydrogens is 338 g/mol. The minimum absolute atomic E-state index is 0.0527. The van der Waals surface area contributed by atoms with Crippen LogP contribution in [-0.2, 0) is 11.2 Å². The zero-order chi connectivity index (χ0) is 19.2. The Morgan fingerprint density at radius 3 is 2.33 bits per heavy atom. The predicted octanol–water partition coefficient (Wildman–Crippen LogP) is 4.77. The highest BCUT2D eigenvalue weighted by Gasteiger charge is 2.13. The van der Waals surface area contributed by atoms with E-state index in [9.17, 15) is 4.79 Å². The van der Waals surface area contributed by atoms with E-state index in [1.165, 1.54) is 5.56 Å². The van der Waals surface area contributed by atoms with Crippen LogP contribution in [0.3, 0.4) is 0 Å². The van der Waals surface area contributed by atoms with Crippen LogP contribution in [-0.4, -0.2) is 15.9 Å². The molecule has 0 saturated heterocycles. The number of hydrogen-bond donors (Lipinski definition) is 1. The van der Waals surface area contributed by atoms with E-state index >= 15 is 0 Å². The van der Waals surface area contributed by atoms with Crippen molar-refractivity contribution in [2.45, 2.75) is 33.6 Å². The molecular formula is C22H23N3O2. The Morgan fingerprint density at radius 1 is 0.963 bits per heavy atom. The molecule has 0 atom stereocenters. The molecule has 3 aromatic rings. The van der Waals surface area contributed by atoms with Crippen LogP contribution in [0, 0.1) is 20.8 Å². The summed E-state index contributed by atoms with van der Waals surface area (Å²) in [6.07, 6.45) is 1.10. The number of carbonyl (C=O) groups excluding carboxylic acids is 1. The molecule has 5 nitrogen and oxygen atoms in total. The monoisotopic (exact) mass is 361 g/mol. The van der Waals surface area contributed by atoms with Gasteiger partial charge in [-0.1, -0.05) is 48.0 Å². The van der Waals surface area contributed by atoms with Crippen LogP contribution in [0.15, 0.2) is 54.6 Å². The fourth-order valence-corrected chi connectivity index (χ4v) is 2.83. The number of benzene rings is 2. The first-order valence-corrected chi connectivity index (χ1v) is 8.95. The van der Waals surface area contributed by atoms with E-state index in [1.807, 2.05) is 69.3 Å². The number of anilines is 1. The van der Waals surface area contributed by atoms with Gasteiger partial charge in [0.1, 0.15) is 5.75 Å². The van der Waals surface area contributed by atoms with Gasteiger partial charge in [0.15, 0.2) is 0 Å². The van der Waals surface area contributed by atoms with Crippen LogP contribution < -0.4 is 10.1 Å². The molecule has 3 rings (SSSR count). The Morgan fingerprint density at radius 2 is 1.67 bits per heavy atom. The molecule has 1 amide bonds. The number of amides is 1. The van der Waals surface area contributed by atoms with Gasteiger partial charge in [0.25, 0.3) is 0 Å². The average molecular weight is 361 g/mol. The SMILES string of the molecule is Cc1cccc(CCC(=O)Nc2c(C)nc(Oc3ccccc3)nc2C)c1.